The standard InChI is InChI=1S/C28H36N6OS/c1-12(2)22-23-16(6)25(18-8-21-15(5)19(18)9-33(21)17(7)26(29)35)36-28(23)32-24(22)20-10-34-27(30-11-31-34)14(4)13(20)3/h10-12,15,17-19,21,32H,8-9H2,1-7H3,(H2,29,35)/t15?,17-,18-,19?,21?/m1/s1. The van der Waals surface area contributed by atoms with Gasteiger partial charge in [0.1, 0.15) is 11.2 Å². The number of piperidine rings is 1. The number of hydrogen-bond donors (Lipinski definition) is 2. The number of carbonyl (C=O) groups excluding carboxylic acids is 1. The van der Waals surface area contributed by atoms with Gasteiger partial charge in [0, 0.05) is 34.6 Å². The van der Waals surface area contributed by atoms with Crippen molar-refractivity contribution in [2.45, 2.75) is 78.8 Å². The fraction of sp³-hybridized carbons (Fsp3) is 0.536. The third-order valence-electron chi connectivity index (χ3n) is 9.32. The van der Waals surface area contributed by atoms with Crippen LogP contribution in [0.15, 0.2) is 12.5 Å². The maximum absolute atomic E-state index is 11.9. The molecular weight excluding hydrogens is 468 g/mol. The van der Waals surface area contributed by atoms with Gasteiger partial charge < -0.3 is 10.7 Å². The molecule has 0 aromatic carbocycles. The summed E-state index contributed by atoms with van der Waals surface area (Å²) >= 11 is 1.94. The molecule has 190 valence electrons. The second kappa shape index (κ2) is 8.15. The monoisotopic (exact) mass is 504 g/mol. The highest BCUT2D eigenvalue weighted by Gasteiger charge is 2.53. The van der Waals surface area contributed by atoms with E-state index in [-0.39, 0.29) is 11.9 Å². The van der Waals surface area contributed by atoms with Crippen LogP contribution < -0.4 is 5.73 Å². The summed E-state index contributed by atoms with van der Waals surface area (Å²) < 4.78 is 1.89. The van der Waals surface area contributed by atoms with E-state index < -0.39 is 0 Å². The van der Waals surface area contributed by atoms with E-state index in [0.29, 0.717) is 29.7 Å². The molecule has 0 spiro atoms. The SMILES string of the molecule is Cc1c(-c2[nH]c3sc([C@@H]4CC5C(C)C4CN5[C@H](C)C(N)=O)c(C)c3c2C(C)C)cn2ncnc2c1C. The molecule has 1 saturated heterocycles. The zero-order chi connectivity index (χ0) is 25.6. The molecule has 5 heterocycles. The summed E-state index contributed by atoms with van der Waals surface area (Å²) in [5.74, 6) is 1.87. The molecule has 2 fully saturated rings. The van der Waals surface area contributed by atoms with Gasteiger partial charge in [-0.3, -0.25) is 9.69 Å². The molecule has 2 aliphatic rings. The van der Waals surface area contributed by atoms with E-state index in [1.54, 1.807) is 6.33 Å². The van der Waals surface area contributed by atoms with E-state index in [1.807, 2.05) is 22.8 Å². The number of nitrogens with two attached hydrogens (primary N) is 1. The summed E-state index contributed by atoms with van der Waals surface area (Å²) in [6.45, 7) is 16.5. The molecule has 3 N–H and O–H groups in total. The van der Waals surface area contributed by atoms with Gasteiger partial charge in [0.15, 0.2) is 5.65 Å². The Labute approximate surface area is 216 Å². The van der Waals surface area contributed by atoms with Gasteiger partial charge in [-0.15, -0.1) is 11.3 Å². The van der Waals surface area contributed by atoms with Crippen LogP contribution in [0, 0.1) is 32.6 Å². The number of nitrogens with zero attached hydrogens (tertiary/aromatic N) is 4. The lowest BCUT2D eigenvalue weighted by Gasteiger charge is -2.34. The number of nitrogens with one attached hydrogen (secondary N) is 1. The summed E-state index contributed by atoms with van der Waals surface area (Å²) in [6, 6.07) is 0.245. The smallest absolute Gasteiger partial charge is 0.234 e. The van der Waals surface area contributed by atoms with Crippen LogP contribution in [0.1, 0.15) is 73.1 Å². The maximum atomic E-state index is 11.9. The van der Waals surface area contributed by atoms with Crippen LogP contribution in [0.2, 0.25) is 0 Å². The fourth-order valence-corrected chi connectivity index (χ4v) is 8.58. The van der Waals surface area contributed by atoms with Crippen molar-refractivity contribution in [3.8, 4) is 11.3 Å². The summed E-state index contributed by atoms with van der Waals surface area (Å²) in [5, 5.41) is 5.82. The van der Waals surface area contributed by atoms with Crippen LogP contribution in [0.25, 0.3) is 27.1 Å². The van der Waals surface area contributed by atoms with E-state index in [2.05, 4.69) is 67.7 Å². The molecule has 8 heteroatoms. The van der Waals surface area contributed by atoms with Gasteiger partial charge in [0.2, 0.25) is 5.91 Å². The Bertz CT molecular complexity index is 1510. The van der Waals surface area contributed by atoms with E-state index in [0.717, 1.165) is 18.6 Å². The first kappa shape index (κ1) is 23.7. The second-order valence-corrected chi connectivity index (χ2v) is 12.4. The number of pyridine rings is 1. The molecule has 2 bridgehead atoms. The van der Waals surface area contributed by atoms with Crippen molar-refractivity contribution in [3.63, 3.8) is 0 Å². The number of hydrogen-bond acceptors (Lipinski definition) is 5. The normalized spacial score (nSPS) is 25.1. The number of amides is 1. The van der Waals surface area contributed by atoms with E-state index in [4.69, 9.17) is 5.73 Å². The number of fused-ring (bicyclic) bond motifs is 4. The number of aromatic amines is 1. The molecule has 36 heavy (non-hydrogen) atoms. The van der Waals surface area contributed by atoms with Crippen LogP contribution >= 0.6 is 11.3 Å². The quantitative estimate of drug-likeness (QED) is 0.386. The van der Waals surface area contributed by atoms with Crippen LogP contribution in [0.5, 0.6) is 0 Å². The van der Waals surface area contributed by atoms with Crippen molar-refractivity contribution in [1.29, 1.82) is 0 Å². The lowest BCUT2D eigenvalue weighted by Crippen LogP contribution is -2.47. The fourth-order valence-electron chi connectivity index (χ4n) is 7.17. The highest BCUT2D eigenvalue weighted by atomic mass is 32.1. The van der Waals surface area contributed by atoms with Crippen molar-refractivity contribution in [2.24, 2.45) is 17.6 Å². The third-order valence-corrected chi connectivity index (χ3v) is 10.7. The molecule has 4 aromatic heterocycles. The summed E-state index contributed by atoms with van der Waals surface area (Å²) in [5.41, 5.74) is 14.2. The predicted octanol–water partition coefficient (Wildman–Crippen LogP) is 5.29. The maximum Gasteiger partial charge on any atom is 0.234 e. The number of aromatic nitrogens is 4. The van der Waals surface area contributed by atoms with Crippen molar-refractivity contribution in [2.75, 3.05) is 6.54 Å². The highest BCUT2D eigenvalue weighted by Crippen LogP contribution is 2.55. The Morgan fingerprint density at radius 3 is 2.58 bits per heavy atom. The number of H-pyrrole nitrogens is 1. The average Bonchev–Trinajstić information content (AvgIpc) is 3.63. The molecule has 5 atom stereocenters. The molecule has 6 rings (SSSR count). The summed E-state index contributed by atoms with van der Waals surface area (Å²) in [7, 11) is 0. The van der Waals surface area contributed by atoms with Crippen LogP contribution in [0.4, 0.5) is 0 Å². The first-order valence-electron chi connectivity index (χ1n) is 13.1. The second-order valence-electron chi connectivity index (χ2n) is 11.4. The van der Waals surface area contributed by atoms with Gasteiger partial charge in [0.25, 0.3) is 0 Å². The molecule has 1 amide bonds. The Kier molecular flexibility index (Phi) is 5.36. The molecule has 1 saturated carbocycles. The largest absolute Gasteiger partial charge is 0.368 e. The number of primary amides is 1. The van der Waals surface area contributed by atoms with E-state index >= 15 is 0 Å². The molecule has 3 unspecified atom stereocenters. The first-order valence-corrected chi connectivity index (χ1v) is 13.9. The minimum atomic E-state index is -0.212. The molecule has 0 radical (unpaired) electrons. The van der Waals surface area contributed by atoms with E-state index in [1.165, 1.54) is 48.6 Å². The predicted molar refractivity (Wildman–Crippen MR) is 146 cm³/mol. The number of thiophene rings is 1. The minimum absolute atomic E-state index is 0.188. The van der Waals surface area contributed by atoms with Gasteiger partial charge in [0.05, 0.1) is 11.7 Å². The molecule has 7 nitrogen and oxygen atoms in total. The Morgan fingerprint density at radius 2 is 1.94 bits per heavy atom. The number of rotatable bonds is 5. The Balaban J connectivity index is 1.44. The molecule has 4 aromatic rings. The third kappa shape index (κ3) is 3.16. The topological polar surface area (TPSA) is 92.3 Å². The van der Waals surface area contributed by atoms with Gasteiger partial charge in [-0.2, -0.15) is 5.10 Å². The highest BCUT2D eigenvalue weighted by molar-refractivity contribution is 7.19. The average molecular weight is 505 g/mol. The van der Waals surface area contributed by atoms with E-state index in [9.17, 15) is 4.79 Å². The van der Waals surface area contributed by atoms with Crippen molar-refractivity contribution < 1.29 is 4.79 Å². The first-order chi connectivity index (χ1) is 17.1. The number of aryl methyl sites for hydroxylation is 2. The summed E-state index contributed by atoms with van der Waals surface area (Å²) in [6.07, 6.45) is 4.85. The van der Waals surface area contributed by atoms with Gasteiger partial charge in [-0.05, 0) is 80.0 Å². The number of carbonyl (C=O) groups is 1. The number of likely N-dealkylation sites (tertiary alicyclic amines) is 1. The Hall–Kier alpha value is -2.71. The lowest BCUT2D eigenvalue weighted by atomic mass is 9.87. The van der Waals surface area contributed by atoms with Crippen molar-refractivity contribution in [3.05, 3.63) is 39.7 Å². The van der Waals surface area contributed by atoms with Gasteiger partial charge in [-0.25, -0.2) is 9.50 Å². The van der Waals surface area contributed by atoms with Crippen LogP contribution in [-0.2, 0) is 4.79 Å². The minimum Gasteiger partial charge on any atom is -0.368 e. The van der Waals surface area contributed by atoms with Crippen molar-refractivity contribution in [1.82, 2.24) is 24.5 Å². The van der Waals surface area contributed by atoms with Crippen molar-refractivity contribution >= 4 is 33.1 Å². The summed E-state index contributed by atoms with van der Waals surface area (Å²) in [4.78, 5) is 25.3. The van der Waals surface area contributed by atoms with Gasteiger partial charge in [-0.1, -0.05) is 20.8 Å². The van der Waals surface area contributed by atoms with Gasteiger partial charge >= 0.3 is 0 Å². The zero-order valence-corrected chi connectivity index (χ0v) is 23.0. The van der Waals surface area contributed by atoms with Crippen LogP contribution in [-0.4, -0.2) is 49.0 Å². The van der Waals surface area contributed by atoms with Crippen LogP contribution in [0.3, 0.4) is 0 Å². The molecule has 1 aliphatic carbocycles. The molecule has 1 aliphatic heterocycles. The lowest BCUT2D eigenvalue weighted by molar-refractivity contribution is -0.123. The zero-order valence-electron chi connectivity index (χ0n) is 22.2. The molecular formula is C28H36N6OS. The Morgan fingerprint density at radius 1 is 1.19 bits per heavy atom.